The van der Waals surface area contributed by atoms with Gasteiger partial charge in [-0.05, 0) is 37.8 Å². The molecule has 1 aliphatic rings. The van der Waals surface area contributed by atoms with Gasteiger partial charge < -0.3 is 10.4 Å². The highest BCUT2D eigenvalue weighted by Gasteiger charge is 2.21. The van der Waals surface area contributed by atoms with Crippen LogP contribution in [0.5, 0.6) is 0 Å². The zero-order valence-corrected chi connectivity index (χ0v) is 11.6. The fraction of sp³-hybridized carbons (Fsp3) is 0.500. The van der Waals surface area contributed by atoms with E-state index in [1.807, 2.05) is 0 Å². The summed E-state index contributed by atoms with van der Waals surface area (Å²) in [5, 5.41) is 16.5. The summed E-state index contributed by atoms with van der Waals surface area (Å²) in [5.74, 6) is -0.220. The number of aliphatic hydroxyl groups is 1. The van der Waals surface area contributed by atoms with Crippen molar-refractivity contribution < 1.29 is 9.90 Å². The van der Waals surface area contributed by atoms with Crippen molar-refractivity contribution >= 4 is 11.6 Å². The Hall–Kier alpha value is -2.15. The molecule has 112 valence electrons. The van der Waals surface area contributed by atoms with Crippen molar-refractivity contribution in [3.63, 3.8) is 0 Å². The molecule has 21 heavy (non-hydrogen) atoms. The maximum Gasteiger partial charge on any atom is 0.350 e. The molecule has 7 heteroatoms. The van der Waals surface area contributed by atoms with Gasteiger partial charge in [0.05, 0.1) is 6.10 Å². The summed E-state index contributed by atoms with van der Waals surface area (Å²) in [4.78, 5) is 24.1. The molecule has 0 unspecified atom stereocenters. The summed E-state index contributed by atoms with van der Waals surface area (Å²) in [6.45, 7) is -0.0838. The lowest BCUT2D eigenvalue weighted by Gasteiger charge is -2.26. The Bertz CT molecular complexity index is 698. The van der Waals surface area contributed by atoms with Crippen LogP contribution in [0.4, 0.5) is 0 Å². The topological polar surface area (TPSA) is 88.6 Å². The number of hydrogen-bond donors (Lipinski definition) is 2. The van der Waals surface area contributed by atoms with Crippen LogP contribution in [-0.4, -0.2) is 37.3 Å². The van der Waals surface area contributed by atoms with Crippen molar-refractivity contribution in [3.05, 3.63) is 34.9 Å². The van der Waals surface area contributed by atoms with E-state index in [0.29, 0.717) is 18.5 Å². The van der Waals surface area contributed by atoms with Gasteiger partial charge in [0.25, 0.3) is 0 Å². The zero-order chi connectivity index (χ0) is 14.8. The first kappa shape index (κ1) is 13.8. The van der Waals surface area contributed by atoms with E-state index in [2.05, 4.69) is 10.4 Å². The number of carbonyl (C=O) groups excluding carboxylic acids is 1. The third kappa shape index (κ3) is 2.97. The van der Waals surface area contributed by atoms with Gasteiger partial charge >= 0.3 is 5.69 Å². The number of rotatable bonds is 3. The van der Waals surface area contributed by atoms with E-state index < -0.39 is 0 Å². The number of nitrogens with one attached hydrogen (secondary N) is 1. The number of amides is 1. The average Bonchev–Trinajstić information content (AvgIpc) is 2.78. The standard InChI is InChI=1S/C14H18N4O3/c19-11-6-4-10(5-7-11)15-13(20)9-18-14(21)17-8-2-1-3-12(17)16-18/h1-3,8,10-11,19H,4-7,9H2,(H,15,20). The second-order valence-corrected chi connectivity index (χ2v) is 5.44. The first-order valence-corrected chi connectivity index (χ1v) is 7.15. The van der Waals surface area contributed by atoms with Gasteiger partial charge in [-0.25, -0.2) is 9.48 Å². The zero-order valence-electron chi connectivity index (χ0n) is 11.6. The number of fused-ring (bicyclic) bond motifs is 1. The molecule has 0 bridgehead atoms. The minimum Gasteiger partial charge on any atom is -0.393 e. The van der Waals surface area contributed by atoms with Crippen molar-refractivity contribution in [2.24, 2.45) is 0 Å². The fourth-order valence-electron chi connectivity index (χ4n) is 2.70. The first-order valence-electron chi connectivity index (χ1n) is 7.15. The molecular formula is C14H18N4O3. The Morgan fingerprint density at radius 3 is 2.81 bits per heavy atom. The first-order chi connectivity index (χ1) is 10.1. The van der Waals surface area contributed by atoms with E-state index in [1.165, 1.54) is 9.08 Å². The molecule has 1 amide bonds. The Balaban J connectivity index is 1.66. The van der Waals surface area contributed by atoms with Crippen molar-refractivity contribution in [3.8, 4) is 0 Å². The summed E-state index contributed by atoms with van der Waals surface area (Å²) >= 11 is 0. The van der Waals surface area contributed by atoms with Crippen molar-refractivity contribution in [2.75, 3.05) is 0 Å². The summed E-state index contributed by atoms with van der Waals surface area (Å²) in [6.07, 6.45) is 4.33. The van der Waals surface area contributed by atoms with E-state index in [9.17, 15) is 14.7 Å². The maximum absolute atomic E-state index is 12.0. The molecule has 2 N–H and O–H groups in total. The van der Waals surface area contributed by atoms with Crippen LogP contribution in [-0.2, 0) is 11.3 Å². The Morgan fingerprint density at radius 1 is 1.33 bits per heavy atom. The molecule has 0 spiro atoms. The lowest BCUT2D eigenvalue weighted by atomic mass is 9.93. The highest BCUT2D eigenvalue weighted by atomic mass is 16.3. The minimum atomic E-state index is -0.320. The van der Waals surface area contributed by atoms with Gasteiger partial charge in [-0.2, -0.15) is 0 Å². The van der Waals surface area contributed by atoms with Gasteiger partial charge in [-0.1, -0.05) is 6.07 Å². The van der Waals surface area contributed by atoms with E-state index in [0.717, 1.165) is 12.8 Å². The van der Waals surface area contributed by atoms with Gasteiger partial charge in [0.2, 0.25) is 5.91 Å². The molecule has 1 fully saturated rings. The van der Waals surface area contributed by atoms with Gasteiger partial charge in [-0.3, -0.25) is 9.20 Å². The number of aromatic nitrogens is 3. The quantitative estimate of drug-likeness (QED) is 0.827. The SMILES string of the molecule is O=C(Cn1nc2ccccn2c1=O)NC1CCC(O)CC1. The Morgan fingerprint density at radius 2 is 2.10 bits per heavy atom. The number of aliphatic hydroxyl groups excluding tert-OH is 1. The minimum absolute atomic E-state index is 0.0774. The van der Waals surface area contributed by atoms with Crippen LogP contribution in [0.1, 0.15) is 25.7 Å². The summed E-state index contributed by atoms with van der Waals surface area (Å²) in [5.41, 5.74) is 0.205. The van der Waals surface area contributed by atoms with Crippen LogP contribution in [0.15, 0.2) is 29.2 Å². The molecule has 0 radical (unpaired) electrons. The summed E-state index contributed by atoms with van der Waals surface area (Å²) in [6, 6.07) is 5.33. The second kappa shape index (κ2) is 5.69. The molecule has 2 heterocycles. The predicted molar refractivity (Wildman–Crippen MR) is 75.9 cm³/mol. The van der Waals surface area contributed by atoms with Crippen LogP contribution in [0.3, 0.4) is 0 Å². The lowest BCUT2D eigenvalue weighted by molar-refractivity contribution is -0.123. The third-order valence-corrected chi connectivity index (χ3v) is 3.84. The van der Waals surface area contributed by atoms with Gasteiger partial charge in [0, 0.05) is 12.2 Å². The Labute approximate surface area is 121 Å². The number of carbonyl (C=O) groups is 1. The Kier molecular flexibility index (Phi) is 3.74. The molecule has 0 aromatic carbocycles. The van der Waals surface area contributed by atoms with Crippen LogP contribution >= 0.6 is 0 Å². The van der Waals surface area contributed by atoms with Crippen LogP contribution in [0, 0.1) is 0 Å². The molecule has 0 atom stereocenters. The van der Waals surface area contributed by atoms with Gasteiger partial charge in [-0.15, -0.1) is 5.10 Å². The molecule has 2 aromatic rings. The van der Waals surface area contributed by atoms with E-state index in [4.69, 9.17) is 0 Å². The smallest absolute Gasteiger partial charge is 0.350 e. The normalized spacial score (nSPS) is 22.3. The molecule has 7 nitrogen and oxygen atoms in total. The number of pyridine rings is 1. The molecule has 0 saturated heterocycles. The molecule has 3 rings (SSSR count). The third-order valence-electron chi connectivity index (χ3n) is 3.84. The summed E-state index contributed by atoms with van der Waals surface area (Å²) < 4.78 is 2.58. The van der Waals surface area contributed by atoms with E-state index in [1.54, 1.807) is 24.4 Å². The van der Waals surface area contributed by atoms with E-state index in [-0.39, 0.29) is 30.3 Å². The average molecular weight is 290 g/mol. The van der Waals surface area contributed by atoms with Crippen molar-refractivity contribution in [1.29, 1.82) is 0 Å². The van der Waals surface area contributed by atoms with Gasteiger partial charge in [0.1, 0.15) is 6.54 Å². The van der Waals surface area contributed by atoms with E-state index >= 15 is 0 Å². The van der Waals surface area contributed by atoms with Gasteiger partial charge in [0.15, 0.2) is 5.65 Å². The van der Waals surface area contributed by atoms with Crippen molar-refractivity contribution in [1.82, 2.24) is 19.5 Å². The monoisotopic (exact) mass is 290 g/mol. The number of nitrogens with zero attached hydrogens (tertiary/aromatic N) is 3. The molecule has 2 aromatic heterocycles. The maximum atomic E-state index is 12.0. The van der Waals surface area contributed by atoms with Crippen LogP contribution < -0.4 is 11.0 Å². The number of hydrogen-bond acceptors (Lipinski definition) is 4. The predicted octanol–water partition coefficient (Wildman–Crippen LogP) is -0.0843. The van der Waals surface area contributed by atoms with Crippen LogP contribution in [0.2, 0.25) is 0 Å². The second-order valence-electron chi connectivity index (χ2n) is 5.44. The lowest BCUT2D eigenvalue weighted by Crippen LogP contribution is -2.41. The molecular weight excluding hydrogens is 272 g/mol. The largest absolute Gasteiger partial charge is 0.393 e. The highest BCUT2D eigenvalue weighted by Crippen LogP contribution is 2.18. The molecule has 1 saturated carbocycles. The highest BCUT2D eigenvalue weighted by molar-refractivity contribution is 5.76. The molecule has 0 aliphatic heterocycles. The summed E-state index contributed by atoms with van der Waals surface area (Å²) in [7, 11) is 0. The van der Waals surface area contributed by atoms with Crippen molar-refractivity contribution in [2.45, 2.75) is 44.4 Å². The fourth-order valence-corrected chi connectivity index (χ4v) is 2.70. The molecule has 1 aliphatic carbocycles. The van der Waals surface area contributed by atoms with Crippen LogP contribution in [0.25, 0.3) is 5.65 Å².